The van der Waals surface area contributed by atoms with Crippen molar-refractivity contribution in [2.75, 3.05) is 17.2 Å². The van der Waals surface area contributed by atoms with E-state index in [1.165, 1.54) is 0 Å². The number of hydrogen-bond donors (Lipinski definition) is 1. The van der Waals surface area contributed by atoms with E-state index < -0.39 is 0 Å². The number of nitrogen functional groups attached to an aromatic ring is 1. The Kier molecular flexibility index (Phi) is 5.04. The van der Waals surface area contributed by atoms with Crippen LogP contribution in [-0.2, 0) is 0 Å². The molecule has 1 amide bonds. The lowest BCUT2D eigenvalue weighted by atomic mass is 10.1. The van der Waals surface area contributed by atoms with Crippen LogP contribution in [0.25, 0.3) is 0 Å². The quantitative estimate of drug-likeness (QED) is 0.566. The Balaban J connectivity index is 2.45. The van der Waals surface area contributed by atoms with E-state index >= 15 is 0 Å². The molecule has 0 atom stereocenters. The van der Waals surface area contributed by atoms with Gasteiger partial charge in [-0.15, -0.1) is 0 Å². The number of para-hydroxylation sites is 2. The molecule has 2 aromatic carbocycles. The third kappa shape index (κ3) is 3.15. The molecule has 0 aliphatic rings. The molecule has 0 heterocycles. The Morgan fingerprint density at radius 1 is 1.30 bits per heavy atom. The lowest BCUT2D eigenvalue weighted by Gasteiger charge is -2.23. The van der Waals surface area contributed by atoms with Gasteiger partial charge in [-0.1, -0.05) is 12.1 Å². The maximum Gasteiger partial charge on any atom is 0.259 e. The average molecular weight is 445 g/mol. The number of hydrogen-bond acceptors (Lipinski definition) is 2. The van der Waals surface area contributed by atoms with Crippen molar-refractivity contribution in [3.8, 4) is 0 Å². The maximum absolute atomic E-state index is 12.7. The Bertz CT molecular complexity index is 646. The van der Waals surface area contributed by atoms with E-state index in [0.717, 1.165) is 13.7 Å². The van der Waals surface area contributed by atoms with Crippen molar-refractivity contribution in [2.24, 2.45) is 0 Å². The van der Waals surface area contributed by atoms with Crippen LogP contribution in [0.2, 0.25) is 0 Å². The number of anilines is 2. The van der Waals surface area contributed by atoms with Crippen molar-refractivity contribution in [1.82, 2.24) is 0 Å². The van der Waals surface area contributed by atoms with Gasteiger partial charge < -0.3 is 10.6 Å². The highest BCUT2D eigenvalue weighted by Crippen LogP contribution is 2.27. The molecular formula is C15H14BrIN2O. The Hall–Kier alpha value is -1.08. The van der Waals surface area contributed by atoms with Crippen LogP contribution < -0.4 is 10.6 Å². The summed E-state index contributed by atoms with van der Waals surface area (Å²) in [5.74, 6) is -0.0595. The van der Waals surface area contributed by atoms with Gasteiger partial charge in [0.15, 0.2) is 0 Å². The number of carbonyl (C=O) groups is 1. The van der Waals surface area contributed by atoms with Gasteiger partial charge in [-0.2, -0.15) is 0 Å². The Morgan fingerprint density at radius 2 is 2.00 bits per heavy atom. The highest BCUT2D eigenvalue weighted by molar-refractivity contribution is 14.1. The summed E-state index contributed by atoms with van der Waals surface area (Å²) in [6, 6.07) is 13.1. The first-order valence-corrected chi connectivity index (χ1v) is 8.03. The predicted octanol–water partition coefficient (Wildman–Crippen LogP) is 4.30. The van der Waals surface area contributed by atoms with Gasteiger partial charge in [0.1, 0.15) is 0 Å². The van der Waals surface area contributed by atoms with E-state index in [2.05, 4.69) is 38.5 Å². The first-order chi connectivity index (χ1) is 9.54. The van der Waals surface area contributed by atoms with Gasteiger partial charge in [0.2, 0.25) is 0 Å². The zero-order chi connectivity index (χ0) is 14.7. The molecule has 2 N–H and O–H groups in total. The molecule has 0 saturated heterocycles. The summed E-state index contributed by atoms with van der Waals surface area (Å²) < 4.78 is 1.81. The normalized spacial score (nSPS) is 10.3. The van der Waals surface area contributed by atoms with Crippen molar-refractivity contribution in [3.05, 3.63) is 56.1 Å². The predicted molar refractivity (Wildman–Crippen MR) is 95.1 cm³/mol. The SMILES string of the molecule is CCN(C(=O)c1cc(I)ccc1Br)c1ccccc1N. The molecule has 2 aromatic rings. The van der Waals surface area contributed by atoms with E-state index in [1.807, 2.05) is 43.3 Å². The number of rotatable bonds is 3. The fourth-order valence-corrected chi connectivity index (χ4v) is 2.87. The highest BCUT2D eigenvalue weighted by Gasteiger charge is 2.20. The van der Waals surface area contributed by atoms with Gasteiger partial charge in [0.25, 0.3) is 5.91 Å². The van der Waals surface area contributed by atoms with Crippen molar-refractivity contribution in [1.29, 1.82) is 0 Å². The molecule has 3 nitrogen and oxygen atoms in total. The summed E-state index contributed by atoms with van der Waals surface area (Å²) in [6.07, 6.45) is 0. The number of nitrogens with zero attached hydrogens (tertiary/aromatic N) is 1. The van der Waals surface area contributed by atoms with Crippen LogP contribution >= 0.6 is 38.5 Å². The monoisotopic (exact) mass is 444 g/mol. The van der Waals surface area contributed by atoms with E-state index in [9.17, 15) is 4.79 Å². The molecule has 0 unspecified atom stereocenters. The standard InChI is InChI=1S/C15H14BrIN2O/c1-2-19(14-6-4-3-5-13(14)18)15(20)11-9-10(17)7-8-12(11)16/h3-9H,2,18H2,1H3. The molecule has 20 heavy (non-hydrogen) atoms. The molecule has 0 aliphatic carbocycles. The fourth-order valence-electron chi connectivity index (χ4n) is 1.96. The van der Waals surface area contributed by atoms with E-state index in [1.54, 1.807) is 11.0 Å². The molecule has 0 bridgehead atoms. The van der Waals surface area contributed by atoms with Gasteiger partial charge >= 0.3 is 0 Å². The van der Waals surface area contributed by atoms with Gasteiger partial charge in [-0.3, -0.25) is 4.79 Å². The van der Waals surface area contributed by atoms with Crippen LogP contribution in [0.5, 0.6) is 0 Å². The van der Waals surface area contributed by atoms with E-state index in [4.69, 9.17) is 5.73 Å². The smallest absolute Gasteiger partial charge is 0.259 e. The van der Waals surface area contributed by atoms with Crippen LogP contribution in [0, 0.1) is 3.57 Å². The number of benzene rings is 2. The number of carbonyl (C=O) groups excluding carboxylic acids is 1. The molecular weight excluding hydrogens is 431 g/mol. The summed E-state index contributed by atoms with van der Waals surface area (Å²) in [5.41, 5.74) is 7.96. The number of amides is 1. The summed E-state index contributed by atoms with van der Waals surface area (Å²) in [4.78, 5) is 14.4. The van der Waals surface area contributed by atoms with Crippen LogP contribution in [0.3, 0.4) is 0 Å². The third-order valence-electron chi connectivity index (χ3n) is 2.95. The van der Waals surface area contributed by atoms with Crippen LogP contribution in [0.1, 0.15) is 17.3 Å². The minimum Gasteiger partial charge on any atom is -0.397 e. The minimum atomic E-state index is -0.0595. The van der Waals surface area contributed by atoms with Crippen molar-refractivity contribution < 1.29 is 4.79 Å². The van der Waals surface area contributed by atoms with E-state index in [-0.39, 0.29) is 5.91 Å². The number of halogens is 2. The lowest BCUT2D eigenvalue weighted by molar-refractivity contribution is 0.0987. The summed E-state index contributed by atoms with van der Waals surface area (Å²) in [6.45, 7) is 2.50. The molecule has 0 aromatic heterocycles. The molecule has 0 saturated carbocycles. The first kappa shape index (κ1) is 15.3. The zero-order valence-corrected chi connectivity index (χ0v) is 14.7. The second-order valence-corrected chi connectivity index (χ2v) is 6.33. The first-order valence-electron chi connectivity index (χ1n) is 6.16. The van der Waals surface area contributed by atoms with Crippen molar-refractivity contribution in [3.63, 3.8) is 0 Å². The lowest BCUT2D eigenvalue weighted by Crippen LogP contribution is -2.31. The van der Waals surface area contributed by atoms with Crippen LogP contribution in [0.15, 0.2) is 46.9 Å². The molecule has 2 rings (SSSR count). The largest absolute Gasteiger partial charge is 0.397 e. The number of nitrogens with two attached hydrogens (primary N) is 1. The van der Waals surface area contributed by atoms with Crippen LogP contribution in [-0.4, -0.2) is 12.5 Å². The third-order valence-corrected chi connectivity index (χ3v) is 4.31. The fraction of sp³-hybridized carbons (Fsp3) is 0.133. The van der Waals surface area contributed by atoms with Gasteiger partial charge in [-0.05, 0) is 75.8 Å². The summed E-state index contributed by atoms with van der Waals surface area (Å²) in [5, 5.41) is 0. The molecule has 104 valence electrons. The molecule has 5 heteroatoms. The summed E-state index contributed by atoms with van der Waals surface area (Å²) in [7, 11) is 0. The maximum atomic E-state index is 12.7. The molecule has 0 fully saturated rings. The Morgan fingerprint density at radius 3 is 2.65 bits per heavy atom. The molecule has 0 aliphatic heterocycles. The zero-order valence-electron chi connectivity index (χ0n) is 10.9. The Labute approximate surface area is 140 Å². The van der Waals surface area contributed by atoms with E-state index in [0.29, 0.717) is 17.8 Å². The molecule has 0 spiro atoms. The van der Waals surface area contributed by atoms with Crippen molar-refractivity contribution in [2.45, 2.75) is 6.92 Å². The average Bonchev–Trinajstić information content (AvgIpc) is 2.44. The minimum absolute atomic E-state index is 0.0595. The van der Waals surface area contributed by atoms with Gasteiger partial charge in [-0.25, -0.2) is 0 Å². The summed E-state index contributed by atoms with van der Waals surface area (Å²) >= 11 is 5.63. The highest BCUT2D eigenvalue weighted by atomic mass is 127. The second-order valence-electron chi connectivity index (χ2n) is 4.23. The second kappa shape index (κ2) is 6.58. The topological polar surface area (TPSA) is 46.3 Å². The van der Waals surface area contributed by atoms with Gasteiger partial charge in [0, 0.05) is 14.6 Å². The van der Waals surface area contributed by atoms with Crippen molar-refractivity contribution >= 4 is 55.8 Å². The molecule has 0 radical (unpaired) electrons. The van der Waals surface area contributed by atoms with Gasteiger partial charge in [0.05, 0.1) is 16.9 Å². The van der Waals surface area contributed by atoms with Crippen LogP contribution in [0.4, 0.5) is 11.4 Å².